The van der Waals surface area contributed by atoms with Gasteiger partial charge in [0.15, 0.2) is 0 Å². The van der Waals surface area contributed by atoms with Gasteiger partial charge in [0.05, 0.1) is 15.9 Å². The molecule has 2 rings (SSSR count). The van der Waals surface area contributed by atoms with E-state index in [-0.39, 0.29) is 29.3 Å². The van der Waals surface area contributed by atoms with Crippen molar-refractivity contribution in [1.29, 1.82) is 0 Å². The zero-order valence-electron chi connectivity index (χ0n) is 14.8. The number of sulfonamides is 1. The van der Waals surface area contributed by atoms with Gasteiger partial charge in [-0.1, -0.05) is 12.1 Å². The molecule has 144 valence electrons. The summed E-state index contributed by atoms with van der Waals surface area (Å²) in [4.78, 5) is 16.7. The number of hydrogen-bond donors (Lipinski definition) is 2. The maximum Gasteiger partial charge on any atom is 0.271 e. The van der Waals surface area contributed by atoms with Crippen LogP contribution < -0.4 is 11.1 Å². The molecular formula is C16H23ClN4O3S2. The van der Waals surface area contributed by atoms with Gasteiger partial charge in [-0.3, -0.25) is 4.79 Å². The molecule has 0 radical (unpaired) electrons. The third-order valence-electron chi connectivity index (χ3n) is 3.65. The Bertz CT molecular complexity index is 835. The summed E-state index contributed by atoms with van der Waals surface area (Å²) in [6.07, 6.45) is 0.648. The molecule has 0 fully saturated rings. The molecule has 1 aromatic heterocycles. The Labute approximate surface area is 164 Å². The van der Waals surface area contributed by atoms with Gasteiger partial charge in [0.2, 0.25) is 10.0 Å². The Morgan fingerprint density at radius 1 is 1.31 bits per heavy atom. The lowest BCUT2D eigenvalue weighted by molar-refractivity contribution is 0.0935. The maximum absolute atomic E-state index is 12.3. The summed E-state index contributed by atoms with van der Waals surface area (Å²) < 4.78 is 25.3. The van der Waals surface area contributed by atoms with Crippen molar-refractivity contribution < 1.29 is 13.2 Å². The van der Waals surface area contributed by atoms with Gasteiger partial charge in [0, 0.05) is 25.9 Å². The lowest BCUT2D eigenvalue weighted by Gasteiger charge is -2.15. The zero-order valence-corrected chi connectivity index (χ0v) is 17.2. The summed E-state index contributed by atoms with van der Waals surface area (Å²) in [6, 6.07) is 6.19. The standard InChI is InChI=1S/C16H22N4O3S2.ClH/c1-11(18-16(21)14-10-24-15(19-14)8-9-17)12-4-6-13(7-5-12)25(22,23)20(2)3;/h4-7,10-11H,8-9,17H2,1-3H3,(H,18,21);1H. The van der Waals surface area contributed by atoms with Crippen LogP contribution in [0.3, 0.4) is 0 Å². The number of hydrogen-bond acceptors (Lipinski definition) is 6. The lowest BCUT2D eigenvalue weighted by atomic mass is 10.1. The number of nitrogens with zero attached hydrogens (tertiary/aromatic N) is 2. The van der Waals surface area contributed by atoms with E-state index in [1.165, 1.54) is 37.6 Å². The number of carbonyl (C=O) groups is 1. The van der Waals surface area contributed by atoms with Gasteiger partial charge in [-0.05, 0) is 31.2 Å². The molecular weight excluding hydrogens is 396 g/mol. The molecule has 3 N–H and O–H groups in total. The predicted molar refractivity (Wildman–Crippen MR) is 105 cm³/mol. The third kappa shape index (κ3) is 5.24. The highest BCUT2D eigenvalue weighted by atomic mass is 35.5. The molecule has 0 aliphatic heterocycles. The Morgan fingerprint density at radius 2 is 1.92 bits per heavy atom. The van der Waals surface area contributed by atoms with E-state index in [1.807, 2.05) is 6.92 Å². The summed E-state index contributed by atoms with van der Waals surface area (Å²) in [5.74, 6) is -0.267. The minimum atomic E-state index is -3.46. The molecule has 0 aliphatic rings. The third-order valence-corrected chi connectivity index (χ3v) is 6.39. The van der Waals surface area contributed by atoms with Crippen molar-refractivity contribution >= 4 is 39.7 Å². The fourth-order valence-corrected chi connectivity index (χ4v) is 3.84. The molecule has 0 spiro atoms. The SMILES string of the molecule is CC(NC(=O)c1csc(CCN)n1)c1ccc(S(=O)(=O)N(C)C)cc1.Cl. The molecule has 1 unspecified atom stereocenters. The number of carbonyl (C=O) groups excluding carboxylic acids is 1. The maximum atomic E-state index is 12.3. The second-order valence-corrected chi connectivity index (χ2v) is 8.81. The fraction of sp³-hybridized carbons (Fsp3) is 0.375. The highest BCUT2D eigenvalue weighted by molar-refractivity contribution is 7.89. The van der Waals surface area contributed by atoms with E-state index in [0.29, 0.717) is 18.7 Å². The van der Waals surface area contributed by atoms with E-state index in [2.05, 4.69) is 10.3 Å². The van der Waals surface area contributed by atoms with Crippen LogP contribution in [-0.2, 0) is 16.4 Å². The molecule has 1 aromatic carbocycles. The van der Waals surface area contributed by atoms with Gasteiger partial charge in [-0.25, -0.2) is 17.7 Å². The highest BCUT2D eigenvalue weighted by Crippen LogP contribution is 2.19. The number of thiazole rings is 1. The van der Waals surface area contributed by atoms with E-state index in [4.69, 9.17) is 5.73 Å². The number of nitrogens with one attached hydrogen (secondary N) is 1. The van der Waals surface area contributed by atoms with Crippen LogP contribution >= 0.6 is 23.7 Å². The molecule has 26 heavy (non-hydrogen) atoms. The lowest BCUT2D eigenvalue weighted by Crippen LogP contribution is -2.27. The van der Waals surface area contributed by atoms with E-state index in [9.17, 15) is 13.2 Å². The Kier molecular flexibility index (Phi) is 8.16. The second kappa shape index (κ2) is 9.43. The molecule has 0 saturated carbocycles. The molecule has 0 aliphatic carbocycles. The first-order valence-corrected chi connectivity index (χ1v) is 10.1. The minimum absolute atomic E-state index is 0. The minimum Gasteiger partial charge on any atom is -0.344 e. The van der Waals surface area contributed by atoms with Crippen molar-refractivity contribution in [2.45, 2.75) is 24.3 Å². The van der Waals surface area contributed by atoms with Crippen LogP contribution in [0.4, 0.5) is 0 Å². The van der Waals surface area contributed by atoms with Crippen LogP contribution in [0.2, 0.25) is 0 Å². The first-order chi connectivity index (χ1) is 11.8. The fourth-order valence-electron chi connectivity index (χ4n) is 2.15. The van der Waals surface area contributed by atoms with Crippen LogP contribution in [0.5, 0.6) is 0 Å². The van der Waals surface area contributed by atoms with Gasteiger partial charge in [-0.15, -0.1) is 23.7 Å². The normalized spacial score (nSPS) is 12.5. The van der Waals surface area contributed by atoms with Crippen LogP contribution in [0.25, 0.3) is 0 Å². The van der Waals surface area contributed by atoms with E-state index < -0.39 is 10.0 Å². The molecule has 7 nitrogen and oxygen atoms in total. The van der Waals surface area contributed by atoms with Crippen molar-refractivity contribution in [1.82, 2.24) is 14.6 Å². The molecule has 1 atom stereocenters. The number of halogens is 1. The molecule has 10 heteroatoms. The Hall–Kier alpha value is -1.52. The largest absolute Gasteiger partial charge is 0.344 e. The highest BCUT2D eigenvalue weighted by Gasteiger charge is 2.18. The number of benzene rings is 1. The van der Waals surface area contributed by atoms with E-state index >= 15 is 0 Å². The van der Waals surface area contributed by atoms with Gasteiger partial charge >= 0.3 is 0 Å². The average molecular weight is 419 g/mol. The Balaban J connectivity index is 0.00000338. The van der Waals surface area contributed by atoms with Crippen LogP contribution in [0, 0.1) is 0 Å². The second-order valence-electron chi connectivity index (χ2n) is 5.72. The Morgan fingerprint density at radius 3 is 2.46 bits per heavy atom. The average Bonchev–Trinajstić information content (AvgIpc) is 3.04. The van der Waals surface area contributed by atoms with Gasteiger partial charge < -0.3 is 11.1 Å². The molecule has 2 aromatic rings. The topological polar surface area (TPSA) is 105 Å². The van der Waals surface area contributed by atoms with Gasteiger partial charge in [-0.2, -0.15) is 0 Å². The van der Waals surface area contributed by atoms with Gasteiger partial charge in [0.25, 0.3) is 5.91 Å². The molecule has 0 saturated heterocycles. The predicted octanol–water partition coefficient (Wildman–Crippen LogP) is 1.81. The van der Waals surface area contributed by atoms with Crippen LogP contribution in [0.1, 0.15) is 34.0 Å². The quantitative estimate of drug-likeness (QED) is 0.713. The summed E-state index contributed by atoms with van der Waals surface area (Å²) >= 11 is 1.41. The van der Waals surface area contributed by atoms with Gasteiger partial charge in [0.1, 0.15) is 5.69 Å². The van der Waals surface area contributed by atoms with Crippen LogP contribution in [-0.4, -0.2) is 44.3 Å². The summed E-state index contributed by atoms with van der Waals surface area (Å²) in [6.45, 7) is 2.33. The molecule has 1 amide bonds. The summed E-state index contributed by atoms with van der Waals surface area (Å²) in [5.41, 5.74) is 6.66. The molecule has 0 bridgehead atoms. The number of aromatic nitrogens is 1. The van der Waals surface area contributed by atoms with Crippen molar-refractivity contribution in [2.24, 2.45) is 5.73 Å². The first-order valence-electron chi connectivity index (χ1n) is 7.73. The van der Waals surface area contributed by atoms with Crippen molar-refractivity contribution in [3.05, 3.63) is 45.9 Å². The number of rotatable bonds is 7. The van der Waals surface area contributed by atoms with Crippen LogP contribution in [0.15, 0.2) is 34.5 Å². The number of amides is 1. The summed E-state index contributed by atoms with van der Waals surface area (Å²) in [5, 5.41) is 5.40. The smallest absolute Gasteiger partial charge is 0.271 e. The summed E-state index contributed by atoms with van der Waals surface area (Å²) in [7, 11) is -0.491. The van der Waals surface area contributed by atoms with Crippen molar-refractivity contribution in [3.8, 4) is 0 Å². The monoisotopic (exact) mass is 418 g/mol. The number of nitrogens with two attached hydrogens (primary N) is 1. The van der Waals surface area contributed by atoms with Crippen molar-refractivity contribution in [3.63, 3.8) is 0 Å². The zero-order chi connectivity index (χ0) is 18.6. The van der Waals surface area contributed by atoms with E-state index in [0.717, 1.165) is 14.9 Å². The first kappa shape index (κ1) is 22.5. The van der Waals surface area contributed by atoms with E-state index in [1.54, 1.807) is 17.5 Å². The molecule has 1 heterocycles. The van der Waals surface area contributed by atoms with Crippen molar-refractivity contribution in [2.75, 3.05) is 20.6 Å².